The molecular weight excluding hydrogens is 302 g/mol. The SMILES string of the molecule is CCS(=O)(=O)c1ccccc1NC(C)Cc1ccc(C)s1. The van der Waals surface area contributed by atoms with Crippen LogP contribution in [0.2, 0.25) is 0 Å². The van der Waals surface area contributed by atoms with E-state index in [1.807, 2.05) is 12.1 Å². The fourth-order valence-corrected chi connectivity index (χ4v) is 4.30. The minimum absolute atomic E-state index is 0.115. The summed E-state index contributed by atoms with van der Waals surface area (Å²) in [7, 11) is -3.20. The molecule has 0 aliphatic heterocycles. The molecule has 0 fully saturated rings. The molecular formula is C16H21NO2S2. The third-order valence-corrected chi connectivity index (χ3v) is 6.12. The molecule has 3 nitrogen and oxygen atoms in total. The molecule has 5 heteroatoms. The monoisotopic (exact) mass is 323 g/mol. The van der Waals surface area contributed by atoms with Crippen LogP contribution in [-0.4, -0.2) is 20.2 Å². The molecule has 0 spiro atoms. The lowest BCUT2D eigenvalue weighted by Crippen LogP contribution is -2.19. The largest absolute Gasteiger partial charge is 0.381 e. The molecule has 1 atom stereocenters. The average molecular weight is 323 g/mol. The first-order chi connectivity index (χ1) is 9.92. The molecule has 114 valence electrons. The maximum absolute atomic E-state index is 12.1. The number of thiophene rings is 1. The van der Waals surface area contributed by atoms with Gasteiger partial charge < -0.3 is 5.32 Å². The third-order valence-electron chi connectivity index (χ3n) is 3.31. The third kappa shape index (κ3) is 4.08. The molecule has 2 aromatic rings. The van der Waals surface area contributed by atoms with Crippen molar-refractivity contribution >= 4 is 26.9 Å². The summed E-state index contributed by atoms with van der Waals surface area (Å²) >= 11 is 1.78. The number of rotatable bonds is 6. The number of hydrogen-bond donors (Lipinski definition) is 1. The Labute approximate surface area is 130 Å². The first-order valence-electron chi connectivity index (χ1n) is 7.06. The van der Waals surface area contributed by atoms with Crippen molar-refractivity contribution in [3.05, 3.63) is 46.2 Å². The van der Waals surface area contributed by atoms with Gasteiger partial charge in [0, 0.05) is 22.2 Å². The molecule has 0 bridgehead atoms. The standard InChI is InChI=1S/C16H21NO2S2/c1-4-21(18,19)16-8-6-5-7-15(16)17-12(2)11-14-10-9-13(3)20-14/h5-10,12,17H,4,11H2,1-3H3. The van der Waals surface area contributed by atoms with Gasteiger partial charge in [-0.25, -0.2) is 8.42 Å². The number of aryl methyl sites for hydroxylation is 1. The minimum Gasteiger partial charge on any atom is -0.381 e. The molecule has 0 saturated carbocycles. The van der Waals surface area contributed by atoms with Gasteiger partial charge in [0.25, 0.3) is 0 Å². The zero-order valence-electron chi connectivity index (χ0n) is 12.6. The highest BCUT2D eigenvalue weighted by molar-refractivity contribution is 7.91. The molecule has 21 heavy (non-hydrogen) atoms. The summed E-state index contributed by atoms with van der Waals surface area (Å²) in [4.78, 5) is 3.00. The Balaban J connectivity index is 2.16. The Morgan fingerprint density at radius 3 is 2.52 bits per heavy atom. The van der Waals surface area contributed by atoms with E-state index in [9.17, 15) is 8.42 Å². The van der Waals surface area contributed by atoms with Gasteiger partial charge in [-0.2, -0.15) is 0 Å². The van der Waals surface area contributed by atoms with Gasteiger partial charge in [0.05, 0.1) is 16.3 Å². The predicted octanol–water partition coefficient (Wildman–Crippen LogP) is 3.89. The van der Waals surface area contributed by atoms with E-state index in [0.29, 0.717) is 10.6 Å². The van der Waals surface area contributed by atoms with Crippen molar-refractivity contribution in [2.24, 2.45) is 0 Å². The molecule has 1 heterocycles. The zero-order valence-corrected chi connectivity index (χ0v) is 14.2. The average Bonchev–Trinajstić information content (AvgIpc) is 2.84. The van der Waals surface area contributed by atoms with Crippen LogP contribution < -0.4 is 5.32 Å². The summed E-state index contributed by atoms with van der Waals surface area (Å²) in [6, 6.07) is 11.5. The summed E-state index contributed by atoms with van der Waals surface area (Å²) < 4.78 is 24.3. The Kier molecular flexibility index (Phi) is 5.06. The molecule has 0 aliphatic rings. The predicted molar refractivity (Wildman–Crippen MR) is 90.0 cm³/mol. The van der Waals surface area contributed by atoms with Crippen LogP contribution in [0.4, 0.5) is 5.69 Å². The lowest BCUT2D eigenvalue weighted by atomic mass is 10.2. The van der Waals surface area contributed by atoms with Crippen molar-refractivity contribution in [2.75, 3.05) is 11.1 Å². The molecule has 0 saturated heterocycles. The Morgan fingerprint density at radius 2 is 1.90 bits per heavy atom. The Morgan fingerprint density at radius 1 is 1.19 bits per heavy atom. The van der Waals surface area contributed by atoms with Crippen molar-refractivity contribution in [1.29, 1.82) is 0 Å². The maximum Gasteiger partial charge on any atom is 0.180 e. The van der Waals surface area contributed by atoms with Gasteiger partial charge in [0.1, 0.15) is 0 Å². The van der Waals surface area contributed by atoms with Gasteiger partial charge in [0.2, 0.25) is 0 Å². The maximum atomic E-state index is 12.1. The Bertz CT molecular complexity index is 705. The van der Waals surface area contributed by atoms with Gasteiger partial charge in [0.15, 0.2) is 9.84 Å². The topological polar surface area (TPSA) is 46.2 Å². The van der Waals surface area contributed by atoms with E-state index in [-0.39, 0.29) is 11.8 Å². The molecule has 1 N–H and O–H groups in total. The molecule has 0 amide bonds. The second-order valence-corrected chi connectivity index (χ2v) is 8.78. The second-order valence-electron chi connectivity index (χ2n) is 5.16. The van der Waals surface area contributed by atoms with Gasteiger partial charge >= 0.3 is 0 Å². The molecule has 2 rings (SSSR count). The van der Waals surface area contributed by atoms with Crippen LogP contribution in [0, 0.1) is 6.92 Å². The number of sulfone groups is 1. The molecule has 0 radical (unpaired) electrons. The van der Waals surface area contributed by atoms with Crippen molar-refractivity contribution < 1.29 is 8.42 Å². The van der Waals surface area contributed by atoms with E-state index in [1.54, 1.807) is 30.4 Å². The smallest absolute Gasteiger partial charge is 0.180 e. The van der Waals surface area contributed by atoms with Crippen LogP contribution in [0.1, 0.15) is 23.6 Å². The lowest BCUT2D eigenvalue weighted by molar-refractivity contribution is 0.597. The van der Waals surface area contributed by atoms with E-state index in [2.05, 4.69) is 31.3 Å². The van der Waals surface area contributed by atoms with Crippen molar-refractivity contribution in [3.8, 4) is 0 Å². The Hall–Kier alpha value is -1.33. The second kappa shape index (κ2) is 6.62. The fourth-order valence-electron chi connectivity index (χ4n) is 2.23. The van der Waals surface area contributed by atoms with E-state index in [1.165, 1.54) is 9.75 Å². The van der Waals surface area contributed by atoms with Crippen LogP contribution >= 0.6 is 11.3 Å². The van der Waals surface area contributed by atoms with E-state index in [0.717, 1.165) is 6.42 Å². The lowest BCUT2D eigenvalue weighted by Gasteiger charge is -2.17. The van der Waals surface area contributed by atoms with E-state index < -0.39 is 9.84 Å². The number of benzene rings is 1. The van der Waals surface area contributed by atoms with E-state index in [4.69, 9.17) is 0 Å². The number of anilines is 1. The molecule has 1 unspecified atom stereocenters. The fraction of sp³-hybridized carbons (Fsp3) is 0.375. The molecule has 1 aromatic heterocycles. The minimum atomic E-state index is -3.20. The summed E-state index contributed by atoms with van der Waals surface area (Å²) in [5.74, 6) is 0.115. The van der Waals surface area contributed by atoms with Crippen LogP contribution in [0.25, 0.3) is 0 Å². The highest BCUT2D eigenvalue weighted by Gasteiger charge is 2.17. The number of para-hydroxylation sites is 1. The van der Waals surface area contributed by atoms with Crippen LogP contribution in [0.5, 0.6) is 0 Å². The summed E-state index contributed by atoms with van der Waals surface area (Å²) in [5, 5.41) is 3.34. The van der Waals surface area contributed by atoms with Gasteiger partial charge in [-0.1, -0.05) is 19.1 Å². The van der Waals surface area contributed by atoms with Gasteiger partial charge in [-0.05, 0) is 38.1 Å². The molecule has 1 aromatic carbocycles. The highest BCUT2D eigenvalue weighted by atomic mass is 32.2. The van der Waals surface area contributed by atoms with Gasteiger partial charge in [-0.15, -0.1) is 11.3 Å². The van der Waals surface area contributed by atoms with Crippen LogP contribution in [-0.2, 0) is 16.3 Å². The van der Waals surface area contributed by atoms with Crippen molar-refractivity contribution in [2.45, 2.75) is 38.1 Å². The number of hydrogen-bond acceptors (Lipinski definition) is 4. The summed E-state index contributed by atoms with van der Waals surface area (Å²) in [6.45, 7) is 5.84. The van der Waals surface area contributed by atoms with Gasteiger partial charge in [-0.3, -0.25) is 0 Å². The van der Waals surface area contributed by atoms with Crippen LogP contribution in [0.15, 0.2) is 41.3 Å². The van der Waals surface area contributed by atoms with E-state index >= 15 is 0 Å². The summed E-state index contributed by atoms with van der Waals surface area (Å²) in [5.41, 5.74) is 0.695. The van der Waals surface area contributed by atoms with Crippen LogP contribution in [0.3, 0.4) is 0 Å². The summed E-state index contributed by atoms with van der Waals surface area (Å²) in [6.07, 6.45) is 0.888. The van der Waals surface area contributed by atoms with Crippen molar-refractivity contribution in [1.82, 2.24) is 0 Å². The first kappa shape index (κ1) is 16.0. The first-order valence-corrected chi connectivity index (χ1v) is 9.53. The normalized spacial score (nSPS) is 13.1. The number of nitrogens with one attached hydrogen (secondary N) is 1. The highest BCUT2D eigenvalue weighted by Crippen LogP contribution is 2.24. The van der Waals surface area contributed by atoms with Crippen molar-refractivity contribution in [3.63, 3.8) is 0 Å². The quantitative estimate of drug-likeness (QED) is 0.877. The molecule has 0 aliphatic carbocycles. The zero-order chi connectivity index (χ0) is 15.5.